The number of nitrogens with zero attached hydrogens (tertiary/aromatic N) is 2. The summed E-state index contributed by atoms with van der Waals surface area (Å²) in [4.78, 5) is 12.1. The zero-order valence-corrected chi connectivity index (χ0v) is 15.0. The van der Waals surface area contributed by atoms with E-state index >= 15 is 0 Å². The Morgan fingerprint density at radius 2 is 1.74 bits per heavy atom. The lowest BCUT2D eigenvalue weighted by atomic mass is 10.2. The monoisotopic (exact) mass is 383 g/mol. The van der Waals surface area contributed by atoms with Crippen LogP contribution >= 0.6 is 0 Å². The molecule has 0 atom stereocenters. The van der Waals surface area contributed by atoms with E-state index in [2.05, 4.69) is 10.5 Å². The van der Waals surface area contributed by atoms with E-state index in [1.165, 1.54) is 30.0 Å². The number of hydrogen-bond donors (Lipinski definition) is 3. The van der Waals surface area contributed by atoms with Gasteiger partial charge in [-0.2, -0.15) is 5.10 Å². The van der Waals surface area contributed by atoms with E-state index in [0.29, 0.717) is 11.1 Å². The van der Waals surface area contributed by atoms with Crippen molar-refractivity contribution in [3.05, 3.63) is 89.7 Å². The number of nitrogens with one attached hydrogen (secondary N) is 1. The van der Waals surface area contributed by atoms with Crippen LogP contribution in [0.3, 0.4) is 0 Å². The van der Waals surface area contributed by atoms with Crippen LogP contribution in [0.2, 0.25) is 0 Å². The first-order valence-corrected chi connectivity index (χ1v) is 8.00. The molecule has 3 rings (SSSR count). The van der Waals surface area contributed by atoms with Crippen LogP contribution in [-0.4, -0.2) is 22.3 Å². The maximum Gasteiger partial charge on any atom is 0.271 e. The zero-order chi connectivity index (χ0) is 18.4. The number of carbonyl (C=O) groups excluding carboxylic acids is 1. The van der Waals surface area contributed by atoms with Gasteiger partial charge in [0.25, 0.3) is 5.91 Å². The number of hydrazone groups is 1. The van der Waals surface area contributed by atoms with Gasteiger partial charge >= 0.3 is 0 Å². The SMILES string of the molecule is O=C(N/N=C/c1ccc(O)cc1O)c1cc[n+](Cc2ccccc2)cc1.[Cl-]. The van der Waals surface area contributed by atoms with Crippen molar-refractivity contribution in [2.45, 2.75) is 6.54 Å². The minimum Gasteiger partial charge on any atom is -1.00 e. The normalized spacial score (nSPS) is 10.4. The Morgan fingerprint density at radius 3 is 2.41 bits per heavy atom. The number of aromatic nitrogens is 1. The van der Waals surface area contributed by atoms with Gasteiger partial charge in [0, 0.05) is 29.3 Å². The average molecular weight is 384 g/mol. The summed E-state index contributed by atoms with van der Waals surface area (Å²) in [5.41, 5.74) is 4.44. The Morgan fingerprint density at radius 1 is 1.04 bits per heavy atom. The van der Waals surface area contributed by atoms with Crippen LogP contribution in [0.25, 0.3) is 0 Å². The molecule has 3 aromatic rings. The van der Waals surface area contributed by atoms with Gasteiger partial charge in [0.15, 0.2) is 18.9 Å². The molecule has 6 nitrogen and oxygen atoms in total. The smallest absolute Gasteiger partial charge is 0.271 e. The molecule has 0 aliphatic rings. The molecular weight excluding hydrogens is 366 g/mol. The molecule has 1 heterocycles. The van der Waals surface area contributed by atoms with Crippen molar-refractivity contribution in [1.29, 1.82) is 0 Å². The molecule has 0 radical (unpaired) electrons. The second kappa shape index (κ2) is 9.35. The highest BCUT2D eigenvalue weighted by molar-refractivity contribution is 5.94. The third-order valence-electron chi connectivity index (χ3n) is 3.75. The molecule has 1 amide bonds. The van der Waals surface area contributed by atoms with Crippen LogP contribution in [0.5, 0.6) is 11.5 Å². The lowest BCUT2D eigenvalue weighted by molar-refractivity contribution is -0.688. The van der Waals surface area contributed by atoms with Crippen molar-refractivity contribution in [2.75, 3.05) is 0 Å². The van der Waals surface area contributed by atoms with Crippen molar-refractivity contribution in [3.8, 4) is 11.5 Å². The highest BCUT2D eigenvalue weighted by atomic mass is 35.5. The molecule has 0 unspecified atom stereocenters. The molecule has 1 aromatic heterocycles. The van der Waals surface area contributed by atoms with Crippen molar-refractivity contribution >= 4 is 12.1 Å². The van der Waals surface area contributed by atoms with Gasteiger partial charge < -0.3 is 22.6 Å². The molecule has 7 heteroatoms. The molecule has 2 aromatic carbocycles. The van der Waals surface area contributed by atoms with Crippen LogP contribution in [0, 0.1) is 0 Å². The van der Waals surface area contributed by atoms with E-state index in [-0.39, 0.29) is 29.8 Å². The summed E-state index contributed by atoms with van der Waals surface area (Å²) < 4.78 is 1.98. The number of rotatable bonds is 5. The van der Waals surface area contributed by atoms with E-state index in [4.69, 9.17) is 0 Å². The minimum absolute atomic E-state index is 0. The van der Waals surface area contributed by atoms with Gasteiger partial charge in [0.05, 0.1) is 11.8 Å². The van der Waals surface area contributed by atoms with Crippen molar-refractivity contribution in [1.82, 2.24) is 5.43 Å². The Labute approximate surface area is 162 Å². The average Bonchev–Trinajstić information content (AvgIpc) is 2.65. The molecule has 0 aliphatic heterocycles. The fraction of sp³-hybridized carbons (Fsp3) is 0.0500. The quantitative estimate of drug-likeness (QED) is 0.306. The van der Waals surface area contributed by atoms with Crippen molar-refractivity contribution < 1.29 is 32.0 Å². The maximum atomic E-state index is 12.1. The molecule has 27 heavy (non-hydrogen) atoms. The van der Waals surface area contributed by atoms with Crippen molar-refractivity contribution in [2.24, 2.45) is 5.10 Å². The fourth-order valence-electron chi connectivity index (χ4n) is 2.37. The first-order valence-electron chi connectivity index (χ1n) is 8.00. The van der Waals surface area contributed by atoms with Crippen LogP contribution in [0.15, 0.2) is 78.2 Å². The number of carbonyl (C=O) groups is 1. The number of amides is 1. The summed E-state index contributed by atoms with van der Waals surface area (Å²) in [6, 6.07) is 17.6. The van der Waals surface area contributed by atoms with E-state index < -0.39 is 0 Å². The fourth-order valence-corrected chi connectivity index (χ4v) is 2.37. The largest absolute Gasteiger partial charge is 1.00 e. The number of phenols is 2. The summed E-state index contributed by atoms with van der Waals surface area (Å²) in [5, 5.41) is 22.7. The molecule has 0 bridgehead atoms. The van der Waals surface area contributed by atoms with Gasteiger partial charge in [-0.3, -0.25) is 4.79 Å². The van der Waals surface area contributed by atoms with Crippen LogP contribution in [0.4, 0.5) is 0 Å². The molecule has 0 fully saturated rings. The third-order valence-corrected chi connectivity index (χ3v) is 3.75. The van der Waals surface area contributed by atoms with Gasteiger partial charge in [-0.1, -0.05) is 30.3 Å². The molecule has 3 N–H and O–H groups in total. The number of aromatic hydroxyl groups is 2. The highest BCUT2D eigenvalue weighted by Crippen LogP contribution is 2.20. The number of pyridine rings is 1. The van der Waals surface area contributed by atoms with E-state index in [1.54, 1.807) is 12.1 Å². The van der Waals surface area contributed by atoms with Gasteiger partial charge in [0.1, 0.15) is 11.5 Å². The number of hydrogen-bond acceptors (Lipinski definition) is 4. The maximum absolute atomic E-state index is 12.1. The summed E-state index contributed by atoms with van der Waals surface area (Å²) in [6.45, 7) is 0.723. The van der Waals surface area contributed by atoms with Gasteiger partial charge in [-0.25, -0.2) is 9.99 Å². The second-order valence-corrected chi connectivity index (χ2v) is 5.69. The van der Waals surface area contributed by atoms with Crippen LogP contribution in [0.1, 0.15) is 21.5 Å². The Hall–Kier alpha value is -3.38. The molecule has 0 saturated carbocycles. The van der Waals surface area contributed by atoms with Crippen LogP contribution < -0.4 is 22.4 Å². The first kappa shape index (κ1) is 19.9. The predicted octanol–water partition coefficient (Wildman–Crippen LogP) is -0.798. The molecule has 0 spiro atoms. The van der Waals surface area contributed by atoms with E-state index in [9.17, 15) is 15.0 Å². The standard InChI is InChI=1S/C20H17N3O3.ClH/c24-18-7-6-17(19(25)12-18)13-21-22-20(26)16-8-10-23(11-9-16)14-15-4-2-1-3-5-15;/h1-13H,14H2,(H2,24,25,26);1H. The highest BCUT2D eigenvalue weighted by Gasteiger charge is 2.08. The Bertz CT molecular complexity index is 929. The Kier molecular flexibility index (Phi) is 6.91. The second-order valence-electron chi connectivity index (χ2n) is 5.69. The van der Waals surface area contributed by atoms with E-state index in [1.807, 2.05) is 47.3 Å². The molecule has 138 valence electrons. The molecular formula is C20H18ClN3O3. The number of benzene rings is 2. The lowest BCUT2D eigenvalue weighted by Crippen LogP contribution is -3.00. The third kappa shape index (κ3) is 5.55. The van der Waals surface area contributed by atoms with Gasteiger partial charge in [-0.15, -0.1) is 0 Å². The van der Waals surface area contributed by atoms with Gasteiger partial charge in [-0.05, 0) is 12.1 Å². The summed E-state index contributed by atoms with van der Waals surface area (Å²) in [7, 11) is 0. The van der Waals surface area contributed by atoms with Gasteiger partial charge in [0.2, 0.25) is 0 Å². The molecule has 0 saturated heterocycles. The zero-order valence-electron chi connectivity index (χ0n) is 14.3. The van der Waals surface area contributed by atoms with E-state index in [0.717, 1.165) is 6.54 Å². The lowest BCUT2D eigenvalue weighted by Gasteiger charge is -2.01. The number of phenolic OH excluding ortho intramolecular Hbond substituents is 2. The first-order chi connectivity index (χ1) is 12.6. The van der Waals surface area contributed by atoms with Crippen LogP contribution in [-0.2, 0) is 6.54 Å². The summed E-state index contributed by atoms with van der Waals surface area (Å²) in [5.74, 6) is -0.521. The summed E-state index contributed by atoms with van der Waals surface area (Å²) >= 11 is 0. The topological polar surface area (TPSA) is 85.8 Å². The molecule has 0 aliphatic carbocycles. The predicted molar refractivity (Wildman–Crippen MR) is 97.0 cm³/mol. The van der Waals surface area contributed by atoms with Crippen molar-refractivity contribution in [3.63, 3.8) is 0 Å². The Balaban J connectivity index is 0.00000261. The summed E-state index contributed by atoms with van der Waals surface area (Å²) in [6.07, 6.45) is 4.97. The number of halogens is 1. The minimum atomic E-state index is -0.355.